The summed E-state index contributed by atoms with van der Waals surface area (Å²) in [5.41, 5.74) is 0.986. The molecule has 0 radical (unpaired) electrons. The number of ether oxygens (including phenoxy) is 1. The molecule has 2 N–H and O–H groups in total. The molecule has 82 valence electrons. The first-order valence-electron chi connectivity index (χ1n) is 5.19. The molecule has 5 nitrogen and oxygen atoms in total. The molecule has 1 amide bonds. The molecular formula is C10H15N3O2. The van der Waals surface area contributed by atoms with Gasteiger partial charge in [0.05, 0.1) is 18.7 Å². The standard InChI is InChI=1S/C10H15N3O2/c14-10(9-2-1-3-15-7-9)11-4-8-5-12-13-6-8/h5-6,9H,1-4,7H2,(H,11,14)(H,12,13). The van der Waals surface area contributed by atoms with Gasteiger partial charge < -0.3 is 10.1 Å². The third-order valence-corrected chi connectivity index (χ3v) is 2.55. The molecule has 0 aliphatic carbocycles. The van der Waals surface area contributed by atoms with Gasteiger partial charge in [-0.2, -0.15) is 5.10 Å². The van der Waals surface area contributed by atoms with Crippen LogP contribution in [0.2, 0.25) is 0 Å². The fourth-order valence-electron chi connectivity index (χ4n) is 1.66. The quantitative estimate of drug-likeness (QED) is 0.759. The zero-order valence-electron chi connectivity index (χ0n) is 8.53. The van der Waals surface area contributed by atoms with Crippen molar-refractivity contribution in [1.29, 1.82) is 0 Å². The molecule has 1 aromatic rings. The van der Waals surface area contributed by atoms with Crippen molar-refractivity contribution in [3.8, 4) is 0 Å². The van der Waals surface area contributed by atoms with Crippen molar-refractivity contribution in [1.82, 2.24) is 15.5 Å². The maximum Gasteiger partial charge on any atom is 0.225 e. The van der Waals surface area contributed by atoms with E-state index in [0.717, 1.165) is 25.0 Å². The Morgan fingerprint density at radius 3 is 3.33 bits per heavy atom. The fraction of sp³-hybridized carbons (Fsp3) is 0.600. The van der Waals surface area contributed by atoms with E-state index in [2.05, 4.69) is 15.5 Å². The van der Waals surface area contributed by atoms with Gasteiger partial charge in [0.15, 0.2) is 0 Å². The van der Waals surface area contributed by atoms with E-state index < -0.39 is 0 Å². The lowest BCUT2D eigenvalue weighted by molar-refractivity contribution is -0.129. The highest BCUT2D eigenvalue weighted by molar-refractivity contribution is 5.78. The highest BCUT2D eigenvalue weighted by atomic mass is 16.5. The molecule has 1 aromatic heterocycles. The molecule has 1 aliphatic heterocycles. The minimum Gasteiger partial charge on any atom is -0.381 e. The molecule has 15 heavy (non-hydrogen) atoms. The third kappa shape index (κ3) is 2.79. The Morgan fingerprint density at radius 1 is 1.73 bits per heavy atom. The second-order valence-corrected chi connectivity index (χ2v) is 3.74. The molecule has 2 heterocycles. The number of hydrogen-bond donors (Lipinski definition) is 2. The maximum atomic E-state index is 11.7. The first-order valence-corrected chi connectivity index (χ1v) is 5.19. The Morgan fingerprint density at radius 2 is 2.67 bits per heavy atom. The number of H-pyrrole nitrogens is 1. The van der Waals surface area contributed by atoms with Crippen LogP contribution in [0.15, 0.2) is 12.4 Å². The smallest absolute Gasteiger partial charge is 0.225 e. The average molecular weight is 209 g/mol. The molecule has 1 aliphatic rings. The van der Waals surface area contributed by atoms with Gasteiger partial charge in [-0.05, 0) is 12.8 Å². The topological polar surface area (TPSA) is 67.0 Å². The van der Waals surface area contributed by atoms with Crippen LogP contribution >= 0.6 is 0 Å². The Bertz CT molecular complexity index is 304. The van der Waals surface area contributed by atoms with Crippen LogP contribution in [0, 0.1) is 5.92 Å². The number of rotatable bonds is 3. The molecule has 5 heteroatoms. The molecule has 1 atom stereocenters. The number of aromatic nitrogens is 2. The fourth-order valence-corrected chi connectivity index (χ4v) is 1.66. The minimum atomic E-state index is 0.0191. The molecule has 0 aromatic carbocycles. The molecule has 1 saturated heterocycles. The first-order chi connectivity index (χ1) is 7.36. The summed E-state index contributed by atoms with van der Waals surface area (Å²) in [5, 5.41) is 9.39. The minimum absolute atomic E-state index is 0.0191. The van der Waals surface area contributed by atoms with Crippen LogP contribution in [0.1, 0.15) is 18.4 Å². The van der Waals surface area contributed by atoms with Crippen LogP contribution in [0.5, 0.6) is 0 Å². The van der Waals surface area contributed by atoms with Crippen LogP contribution in [0.4, 0.5) is 0 Å². The van der Waals surface area contributed by atoms with Crippen LogP contribution in [0.25, 0.3) is 0 Å². The Hall–Kier alpha value is -1.36. The predicted molar refractivity (Wildman–Crippen MR) is 54.0 cm³/mol. The molecule has 2 rings (SSSR count). The Balaban J connectivity index is 1.76. The lowest BCUT2D eigenvalue weighted by Crippen LogP contribution is -2.35. The van der Waals surface area contributed by atoms with Crippen LogP contribution in [-0.2, 0) is 16.1 Å². The summed E-state index contributed by atoms with van der Waals surface area (Å²) in [4.78, 5) is 11.7. The van der Waals surface area contributed by atoms with Gasteiger partial charge in [0.1, 0.15) is 0 Å². The summed E-state index contributed by atoms with van der Waals surface area (Å²) in [5.74, 6) is 0.0987. The van der Waals surface area contributed by atoms with E-state index in [0.29, 0.717) is 13.2 Å². The van der Waals surface area contributed by atoms with Gasteiger partial charge in [-0.25, -0.2) is 0 Å². The molecule has 0 bridgehead atoms. The lowest BCUT2D eigenvalue weighted by atomic mass is 10.0. The van der Waals surface area contributed by atoms with Gasteiger partial charge in [0, 0.05) is 24.9 Å². The van der Waals surface area contributed by atoms with Crippen LogP contribution in [0.3, 0.4) is 0 Å². The summed E-state index contributed by atoms with van der Waals surface area (Å²) in [6.45, 7) is 1.87. The lowest BCUT2D eigenvalue weighted by Gasteiger charge is -2.20. The Labute approximate surface area is 88.2 Å². The summed E-state index contributed by atoms with van der Waals surface area (Å²) in [6, 6.07) is 0. The Kier molecular flexibility index (Phi) is 3.34. The van der Waals surface area contributed by atoms with Crippen molar-refractivity contribution in [2.24, 2.45) is 5.92 Å². The predicted octanol–water partition coefficient (Wildman–Crippen LogP) is 0.452. The number of amides is 1. The monoisotopic (exact) mass is 209 g/mol. The molecule has 1 unspecified atom stereocenters. The molecule has 0 saturated carbocycles. The highest BCUT2D eigenvalue weighted by Gasteiger charge is 2.21. The van der Waals surface area contributed by atoms with E-state index in [9.17, 15) is 4.79 Å². The largest absolute Gasteiger partial charge is 0.381 e. The third-order valence-electron chi connectivity index (χ3n) is 2.55. The molecule has 1 fully saturated rings. The van der Waals surface area contributed by atoms with Gasteiger partial charge in [-0.1, -0.05) is 0 Å². The van der Waals surface area contributed by atoms with E-state index in [-0.39, 0.29) is 11.8 Å². The maximum absolute atomic E-state index is 11.7. The summed E-state index contributed by atoms with van der Waals surface area (Å²) >= 11 is 0. The van der Waals surface area contributed by atoms with Crippen molar-refractivity contribution in [2.75, 3.05) is 13.2 Å². The SMILES string of the molecule is O=C(NCc1cn[nH]c1)C1CCCOC1. The van der Waals surface area contributed by atoms with Crippen molar-refractivity contribution in [3.05, 3.63) is 18.0 Å². The second kappa shape index (κ2) is 4.93. The normalized spacial score (nSPS) is 21.2. The summed E-state index contributed by atoms with van der Waals surface area (Å²) in [7, 11) is 0. The average Bonchev–Trinajstić information content (AvgIpc) is 2.80. The summed E-state index contributed by atoms with van der Waals surface area (Å²) < 4.78 is 5.26. The summed E-state index contributed by atoms with van der Waals surface area (Å²) in [6.07, 6.45) is 5.39. The van der Waals surface area contributed by atoms with Crippen molar-refractivity contribution in [3.63, 3.8) is 0 Å². The van der Waals surface area contributed by atoms with E-state index in [1.165, 1.54) is 0 Å². The number of nitrogens with one attached hydrogen (secondary N) is 2. The number of hydrogen-bond acceptors (Lipinski definition) is 3. The number of aromatic amines is 1. The zero-order valence-corrected chi connectivity index (χ0v) is 8.53. The van der Waals surface area contributed by atoms with Crippen LogP contribution < -0.4 is 5.32 Å². The highest BCUT2D eigenvalue weighted by Crippen LogP contribution is 2.13. The number of carbonyl (C=O) groups is 1. The van der Waals surface area contributed by atoms with Crippen LogP contribution in [-0.4, -0.2) is 29.3 Å². The van der Waals surface area contributed by atoms with Gasteiger partial charge in [-0.15, -0.1) is 0 Å². The van der Waals surface area contributed by atoms with Gasteiger partial charge >= 0.3 is 0 Å². The van der Waals surface area contributed by atoms with Gasteiger partial charge in [0.25, 0.3) is 0 Å². The van der Waals surface area contributed by atoms with E-state index in [1.807, 2.05) is 0 Å². The van der Waals surface area contributed by atoms with Crippen molar-refractivity contribution in [2.45, 2.75) is 19.4 Å². The van der Waals surface area contributed by atoms with Crippen molar-refractivity contribution < 1.29 is 9.53 Å². The number of nitrogens with zero attached hydrogens (tertiary/aromatic N) is 1. The van der Waals surface area contributed by atoms with E-state index >= 15 is 0 Å². The van der Waals surface area contributed by atoms with Gasteiger partial charge in [0.2, 0.25) is 5.91 Å². The van der Waals surface area contributed by atoms with Gasteiger partial charge in [-0.3, -0.25) is 9.89 Å². The number of carbonyl (C=O) groups excluding carboxylic acids is 1. The first kappa shape index (κ1) is 10.2. The van der Waals surface area contributed by atoms with E-state index in [4.69, 9.17) is 4.74 Å². The van der Waals surface area contributed by atoms with Crippen molar-refractivity contribution >= 4 is 5.91 Å². The zero-order chi connectivity index (χ0) is 10.5. The molecule has 0 spiro atoms. The molecular weight excluding hydrogens is 194 g/mol. The second-order valence-electron chi connectivity index (χ2n) is 3.74. The van der Waals surface area contributed by atoms with E-state index in [1.54, 1.807) is 12.4 Å².